The summed E-state index contributed by atoms with van der Waals surface area (Å²) in [7, 11) is -3.52. The lowest BCUT2D eigenvalue weighted by atomic mass is 10.1. The molecular formula is C11H23NO4S. The Morgan fingerprint density at radius 1 is 1.29 bits per heavy atom. The molecule has 0 fully saturated rings. The van der Waals surface area contributed by atoms with Crippen molar-refractivity contribution in [2.45, 2.75) is 46.6 Å². The summed E-state index contributed by atoms with van der Waals surface area (Å²) < 4.78 is 25.8. The van der Waals surface area contributed by atoms with E-state index in [1.54, 1.807) is 13.8 Å². The second-order valence-corrected chi connectivity index (χ2v) is 6.65. The summed E-state index contributed by atoms with van der Waals surface area (Å²) >= 11 is 0. The molecule has 0 aliphatic heterocycles. The van der Waals surface area contributed by atoms with Crippen LogP contribution >= 0.6 is 0 Å². The number of sulfonamides is 1. The van der Waals surface area contributed by atoms with Crippen LogP contribution in [-0.2, 0) is 14.8 Å². The van der Waals surface area contributed by atoms with Crippen LogP contribution in [-0.4, -0.2) is 31.3 Å². The highest BCUT2D eigenvalue weighted by Gasteiger charge is 2.27. The zero-order valence-electron chi connectivity index (χ0n) is 10.9. The second kappa shape index (κ2) is 6.96. The molecule has 102 valence electrons. The molecule has 0 aliphatic carbocycles. The lowest BCUT2D eigenvalue weighted by molar-refractivity contribution is -0.140. The lowest BCUT2D eigenvalue weighted by Crippen LogP contribution is -2.45. The first-order valence-electron chi connectivity index (χ1n) is 5.92. The molecule has 2 N–H and O–H groups in total. The van der Waals surface area contributed by atoms with E-state index in [4.69, 9.17) is 5.11 Å². The van der Waals surface area contributed by atoms with Gasteiger partial charge in [-0.2, -0.15) is 0 Å². The molecule has 1 unspecified atom stereocenters. The summed E-state index contributed by atoms with van der Waals surface area (Å²) in [6.45, 7) is 7.20. The Hall–Kier alpha value is -0.620. The van der Waals surface area contributed by atoms with E-state index in [9.17, 15) is 13.2 Å². The highest BCUT2D eigenvalue weighted by Crippen LogP contribution is 2.10. The van der Waals surface area contributed by atoms with Crippen molar-refractivity contribution in [3.05, 3.63) is 0 Å². The third-order valence-corrected chi connectivity index (χ3v) is 4.15. The number of hydrogen-bond donors (Lipinski definition) is 2. The zero-order valence-corrected chi connectivity index (χ0v) is 11.8. The summed E-state index contributed by atoms with van der Waals surface area (Å²) in [5, 5.41) is 8.92. The molecule has 2 atom stereocenters. The zero-order chi connectivity index (χ0) is 13.6. The van der Waals surface area contributed by atoms with Gasteiger partial charge in [-0.25, -0.2) is 13.1 Å². The first kappa shape index (κ1) is 16.4. The van der Waals surface area contributed by atoms with Crippen LogP contribution in [0.3, 0.4) is 0 Å². The molecule has 0 saturated carbocycles. The highest BCUT2D eigenvalue weighted by atomic mass is 32.2. The third kappa shape index (κ3) is 6.63. The quantitative estimate of drug-likeness (QED) is 0.696. The van der Waals surface area contributed by atoms with Gasteiger partial charge in [-0.15, -0.1) is 0 Å². The fraction of sp³-hybridized carbons (Fsp3) is 0.909. The van der Waals surface area contributed by atoms with Gasteiger partial charge in [0.05, 0.1) is 5.75 Å². The highest BCUT2D eigenvalue weighted by molar-refractivity contribution is 7.89. The average Bonchev–Trinajstić information content (AvgIpc) is 2.12. The van der Waals surface area contributed by atoms with Crippen LogP contribution < -0.4 is 4.72 Å². The SMILES string of the molecule is CCCC(C)CS(=O)(=O)N[C@H](C(=O)O)C(C)C. The van der Waals surface area contributed by atoms with E-state index >= 15 is 0 Å². The Balaban J connectivity index is 4.57. The first-order valence-corrected chi connectivity index (χ1v) is 7.57. The monoisotopic (exact) mass is 265 g/mol. The number of nitrogens with one attached hydrogen (secondary N) is 1. The fourth-order valence-corrected chi connectivity index (χ4v) is 3.44. The maximum atomic E-state index is 11.8. The van der Waals surface area contributed by atoms with Gasteiger partial charge in [-0.3, -0.25) is 4.79 Å². The molecule has 0 aliphatic rings. The number of rotatable bonds is 8. The van der Waals surface area contributed by atoms with E-state index in [0.717, 1.165) is 12.8 Å². The smallest absolute Gasteiger partial charge is 0.321 e. The Morgan fingerprint density at radius 3 is 2.18 bits per heavy atom. The molecule has 0 amide bonds. The van der Waals surface area contributed by atoms with Crippen molar-refractivity contribution >= 4 is 16.0 Å². The number of hydrogen-bond acceptors (Lipinski definition) is 3. The van der Waals surface area contributed by atoms with Crippen molar-refractivity contribution < 1.29 is 18.3 Å². The molecule has 0 rings (SSSR count). The van der Waals surface area contributed by atoms with Crippen molar-refractivity contribution in [1.29, 1.82) is 0 Å². The van der Waals surface area contributed by atoms with Crippen molar-refractivity contribution in [2.24, 2.45) is 11.8 Å². The summed E-state index contributed by atoms with van der Waals surface area (Å²) in [6, 6.07) is -1.05. The molecule has 0 radical (unpaired) electrons. The van der Waals surface area contributed by atoms with Gasteiger partial charge in [0.2, 0.25) is 10.0 Å². The van der Waals surface area contributed by atoms with Gasteiger partial charge in [-0.05, 0) is 18.3 Å². The molecule has 0 spiro atoms. The molecule has 0 aromatic heterocycles. The van der Waals surface area contributed by atoms with E-state index in [1.165, 1.54) is 0 Å². The van der Waals surface area contributed by atoms with Gasteiger partial charge in [-0.1, -0.05) is 34.1 Å². The molecule has 6 heteroatoms. The van der Waals surface area contributed by atoms with Crippen molar-refractivity contribution in [1.82, 2.24) is 4.72 Å². The molecule has 0 aromatic carbocycles. The summed E-state index contributed by atoms with van der Waals surface area (Å²) in [6.07, 6.45) is 1.74. The number of carbonyl (C=O) groups is 1. The molecule has 0 bridgehead atoms. The van der Waals surface area contributed by atoms with Gasteiger partial charge in [0, 0.05) is 0 Å². The van der Waals surface area contributed by atoms with Crippen LogP contribution in [0.4, 0.5) is 0 Å². The molecule has 0 aromatic rings. The van der Waals surface area contributed by atoms with E-state index in [2.05, 4.69) is 4.72 Å². The summed E-state index contributed by atoms with van der Waals surface area (Å²) in [5.74, 6) is -1.38. The number of aliphatic carboxylic acids is 1. The fourth-order valence-electron chi connectivity index (χ4n) is 1.66. The molecule has 5 nitrogen and oxygen atoms in total. The molecule has 0 saturated heterocycles. The van der Waals surface area contributed by atoms with E-state index in [-0.39, 0.29) is 17.6 Å². The maximum Gasteiger partial charge on any atom is 0.321 e. The second-order valence-electron chi connectivity index (χ2n) is 4.85. The largest absolute Gasteiger partial charge is 0.480 e. The van der Waals surface area contributed by atoms with Crippen LogP contribution in [0.5, 0.6) is 0 Å². The number of carboxylic acids is 1. The lowest BCUT2D eigenvalue weighted by Gasteiger charge is -2.19. The average molecular weight is 265 g/mol. The summed E-state index contributed by atoms with van der Waals surface area (Å²) in [4.78, 5) is 10.9. The van der Waals surface area contributed by atoms with Gasteiger partial charge >= 0.3 is 5.97 Å². The van der Waals surface area contributed by atoms with Crippen LogP contribution in [0, 0.1) is 11.8 Å². The van der Waals surface area contributed by atoms with Gasteiger partial charge in [0.25, 0.3) is 0 Å². The first-order chi connectivity index (χ1) is 7.69. The molecular weight excluding hydrogens is 242 g/mol. The van der Waals surface area contributed by atoms with Gasteiger partial charge in [0.15, 0.2) is 0 Å². The van der Waals surface area contributed by atoms with Crippen LogP contribution in [0.2, 0.25) is 0 Å². The van der Waals surface area contributed by atoms with E-state index in [0.29, 0.717) is 0 Å². The maximum absolute atomic E-state index is 11.8. The Bertz CT molecular complexity index is 337. The normalized spacial score (nSPS) is 15.8. The predicted octanol–water partition coefficient (Wildman–Crippen LogP) is 1.45. The van der Waals surface area contributed by atoms with Crippen LogP contribution in [0.15, 0.2) is 0 Å². The summed E-state index contributed by atoms with van der Waals surface area (Å²) in [5.41, 5.74) is 0. The van der Waals surface area contributed by atoms with Gasteiger partial charge < -0.3 is 5.11 Å². The van der Waals surface area contributed by atoms with E-state index in [1.807, 2.05) is 13.8 Å². The molecule has 0 heterocycles. The van der Waals surface area contributed by atoms with Crippen LogP contribution in [0.1, 0.15) is 40.5 Å². The standard InChI is InChI=1S/C11H23NO4S/c1-5-6-9(4)7-17(15,16)12-10(8(2)3)11(13)14/h8-10,12H,5-7H2,1-4H3,(H,13,14)/t9?,10-/m0/s1. The predicted molar refractivity (Wildman–Crippen MR) is 67.3 cm³/mol. The Kier molecular flexibility index (Phi) is 6.70. The third-order valence-electron chi connectivity index (χ3n) is 2.52. The topological polar surface area (TPSA) is 83.5 Å². The van der Waals surface area contributed by atoms with Crippen molar-refractivity contribution in [3.8, 4) is 0 Å². The molecule has 17 heavy (non-hydrogen) atoms. The van der Waals surface area contributed by atoms with Crippen LogP contribution in [0.25, 0.3) is 0 Å². The minimum Gasteiger partial charge on any atom is -0.480 e. The van der Waals surface area contributed by atoms with Crippen molar-refractivity contribution in [2.75, 3.05) is 5.75 Å². The Labute approximate surface area is 104 Å². The number of carboxylic acid groups (broad SMARTS) is 1. The Morgan fingerprint density at radius 2 is 1.82 bits per heavy atom. The van der Waals surface area contributed by atoms with Gasteiger partial charge in [0.1, 0.15) is 6.04 Å². The van der Waals surface area contributed by atoms with E-state index < -0.39 is 22.0 Å². The van der Waals surface area contributed by atoms with Crippen molar-refractivity contribution in [3.63, 3.8) is 0 Å². The minimum atomic E-state index is -3.52. The minimum absolute atomic E-state index is 0.0165.